The van der Waals surface area contributed by atoms with Crippen LogP contribution in [0.4, 0.5) is 0 Å². The molecule has 3 heteroatoms. The van der Waals surface area contributed by atoms with Gasteiger partial charge in [-0.1, -0.05) is 130 Å². The minimum atomic E-state index is 0. The molecule has 0 saturated heterocycles. The van der Waals surface area contributed by atoms with Crippen LogP contribution in [0.1, 0.15) is 182 Å². The molecule has 0 N–H and O–H groups in total. The molecule has 218 valence electrons. The number of hydrogen-bond donors (Lipinski definition) is 0. The molecule has 0 aliphatic heterocycles. The van der Waals surface area contributed by atoms with Crippen molar-refractivity contribution in [1.29, 1.82) is 0 Å². The van der Waals surface area contributed by atoms with Crippen molar-refractivity contribution in [1.82, 2.24) is 0 Å². The average molecular weight is 742 g/mol. The van der Waals surface area contributed by atoms with Gasteiger partial charge in [-0.05, 0) is 51.4 Å². The molecule has 0 aromatic rings. The molecule has 0 radical (unpaired) electrons. The fourth-order valence-corrected chi connectivity index (χ4v) is 5.58. The molecule has 0 saturated carbocycles. The standard InChI is InChI=1S/C32H68N.BrH.Pt/c1-5-9-13-17-21-25-29-33(30-26-22-18-14-10-6-2,31-27-23-19-15-11-7-3)32-28-24-20-16-12-8-4;;/h5-32H2,1-4H3;1H;/q+1;;/p-1. The van der Waals surface area contributed by atoms with E-state index in [4.69, 9.17) is 0 Å². The van der Waals surface area contributed by atoms with E-state index in [0.29, 0.717) is 0 Å². The Morgan fingerprint density at radius 3 is 0.657 bits per heavy atom. The predicted molar refractivity (Wildman–Crippen MR) is 153 cm³/mol. The Balaban J connectivity index is -0.00000512. The predicted octanol–water partition coefficient (Wildman–Crippen LogP) is 8.25. The fraction of sp³-hybridized carbons (Fsp3) is 1.00. The first-order chi connectivity index (χ1) is 16.2. The monoisotopic (exact) mass is 740 g/mol. The van der Waals surface area contributed by atoms with Gasteiger partial charge < -0.3 is 21.5 Å². The van der Waals surface area contributed by atoms with Crippen molar-refractivity contribution in [2.75, 3.05) is 26.2 Å². The first kappa shape index (κ1) is 40.6. The molecule has 0 heterocycles. The van der Waals surface area contributed by atoms with Gasteiger partial charge in [0.1, 0.15) is 0 Å². The van der Waals surface area contributed by atoms with E-state index in [0.717, 1.165) is 0 Å². The van der Waals surface area contributed by atoms with Crippen LogP contribution in [0.3, 0.4) is 0 Å². The molecule has 0 rings (SSSR count). The van der Waals surface area contributed by atoms with Gasteiger partial charge in [-0.2, -0.15) is 0 Å². The summed E-state index contributed by atoms with van der Waals surface area (Å²) in [5.74, 6) is 0. The summed E-state index contributed by atoms with van der Waals surface area (Å²) < 4.78 is 1.48. The van der Waals surface area contributed by atoms with E-state index >= 15 is 0 Å². The van der Waals surface area contributed by atoms with Crippen LogP contribution in [0.2, 0.25) is 0 Å². The Morgan fingerprint density at radius 2 is 0.457 bits per heavy atom. The zero-order valence-electron chi connectivity index (χ0n) is 24.9. The number of hydrogen-bond acceptors (Lipinski definition) is 0. The summed E-state index contributed by atoms with van der Waals surface area (Å²) in [5, 5.41) is 0. The summed E-state index contributed by atoms with van der Waals surface area (Å²) in [5.41, 5.74) is 0. The van der Waals surface area contributed by atoms with E-state index in [1.807, 2.05) is 0 Å². The molecule has 0 aliphatic carbocycles. The van der Waals surface area contributed by atoms with Gasteiger partial charge in [0.05, 0.1) is 26.2 Å². The molecule has 0 aromatic carbocycles. The quantitative estimate of drug-likeness (QED) is 0.0560. The smallest absolute Gasteiger partial charge is 0.0786 e. The van der Waals surface area contributed by atoms with Crippen LogP contribution in [-0.2, 0) is 21.1 Å². The summed E-state index contributed by atoms with van der Waals surface area (Å²) >= 11 is 0. The van der Waals surface area contributed by atoms with E-state index in [-0.39, 0.29) is 38.0 Å². The van der Waals surface area contributed by atoms with Crippen LogP contribution in [0.25, 0.3) is 0 Å². The first-order valence-corrected chi connectivity index (χ1v) is 16.1. The van der Waals surface area contributed by atoms with Crippen LogP contribution in [0.5, 0.6) is 0 Å². The van der Waals surface area contributed by atoms with Gasteiger partial charge in [-0.25, -0.2) is 0 Å². The van der Waals surface area contributed by atoms with Gasteiger partial charge in [0, 0.05) is 21.1 Å². The normalized spacial score (nSPS) is 11.3. The van der Waals surface area contributed by atoms with Crippen LogP contribution < -0.4 is 17.0 Å². The van der Waals surface area contributed by atoms with E-state index in [2.05, 4.69) is 27.7 Å². The molecule has 0 atom stereocenters. The Hall–Kier alpha value is 1.13. The van der Waals surface area contributed by atoms with Crippen LogP contribution >= 0.6 is 0 Å². The fourth-order valence-electron chi connectivity index (χ4n) is 5.58. The van der Waals surface area contributed by atoms with Gasteiger partial charge in [0.2, 0.25) is 0 Å². The maximum Gasteiger partial charge on any atom is 0.0786 e. The zero-order chi connectivity index (χ0) is 24.3. The van der Waals surface area contributed by atoms with Gasteiger partial charge >= 0.3 is 0 Å². The molecular formula is C32H68BrNPt. The van der Waals surface area contributed by atoms with Gasteiger partial charge in [-0.15, -0.1) is 0 Å². The summed E-state index contributed by atoms with van der Waals surface area (Å²) in [7, 11) is 0. The van der Waals surface area contributed by atoms with Crippen LogP contribution in [0.15, 0.2) is 0 Å². The van der Waals surface area contributed by atoms with Crippen molar-refractivity contribution in [3.8, 4) is 0 Å². The molecule has 0 aliphatic rings. The first-order valence-electron chi connectivity index (χ1n) is 16.1. The maximum absolute atomic E-state index is 2.34. The van der Waals surface area contributed by atoms with Crippen molar-refractivity contribution in [3.63, 3.8) is 0 Å². The number of unbranched alkanes of at least 4 members (excludes halogenated alkanes) is 20. The van der Waals surface area contributed by atoms with Crippen molar-refractivity contribution >= 4 is 0 Å². The Bertz CT molecular complexity index is 294. The largest absolute Gasteiger partial charge is 1.00 e. The third kappa shape index (κ3) is 28.0. The van der Waals surface area contributed by atoms with Gasteiger partial charge in [-0.3, -0.25) is 0 Å². The average Bonchev–Trinajstić information content (AvgIpc) is 2.83. The van der Waals surface area contributed by atoms with Crippen LogP contribution in [0, 0.1) is 0 Å². The van der Waals surface area contributed by atoms with E-state index in [9.17, 15) is 0 Å². The SMILES string of the molecule is CCCCCCCC[N+](CCCCCCCC)(CCCCCCCC)CCCCCCCC.[Br-].[Pt]. The molecule has 0 unspecified atom stereocenters. The third-order valence-corrected chi connectivity index (χ3v) is 7.94. The Labute approximate surface area is 249 Å². The van der Waals surface area contributed by atoms with E-state index in [1.165, 1.54) is 185 Å². The topological polar surface area (TPSA) is 0 Å². The number of halogens is 1. The molecule has 0 spiro atoms. The number of rotatable bonds is 28. The molecule has 0 fully saturated rings. The molecule has 0 aromatic heterocycles. The summed E-state index contributed by atoms with van der Waals surface area (Å²) in [6.07, 6.45) is 34.8. The Morgan fingerprint density at radius 1 is 0.286 bits per heavy atom. The number of nitrogens with zero attached hydrogens (tertiary/aromatic N) is 1. The summed E-state index contributed by atoms with van der Waals surface area (Å²) in [6.45, 7) is 15.3. The van der Waals surface area contributed by atoms with Crippen molar-refractivity contribution in [2.45, 2.75) is 182 Å². The summed E-state index contributed by atoms with van der Waals surface area (Å²) in [6, 6.07) is 0. The van der Waals surface area contributed by atoms with E-state index < -0.39 is 0 Å². The number of quaternary nitrogens is 1. The molecular weight excluding hydrogens is 673 g/mol. The maximum atomic E-state index is 2.34. The summed E-state index contributed by atoms with van der Waals surface area (Å²) in [4.78, 5) is 0. The van der Waals surface area contributed by atoms with Crippen molar-refractivity contribution in [2.24, 2.45) is 0 Å². The molecule has 0 amide bonds. The second-order valence-electron chi connectivity index (χ2n) is 11.3. The zero-order valence-corrected chi connectivity index (χ0v) is 28.8. The molecule has 0 bridgehead atoms. The minimum Gasteiger partial charge on any atom is -1.00 e. The second kappa shape index (κ2) is 33.2. The van der Waals surface area contributed by atoms with Crippen molar-refractivity contribution < 1.29 is 42.5 Å². The van der Waals surface area contributed by atoms with Crippen molar-refractivity contribution in [3.05, 3.63) is 0 Å². The second-order valence-corrected chi connectivity index (χ2v) is 11.3. The molecule has 1 nitrogen and oxygen atoms in total. The van der Waals surface area contributed by atoms with Gasteiger partial charge in [0.15, 0.2) is 0 Å². The third-order valence-electron chi connectivity index (χ3n) is 7.94. The van der Waals surface area contributed by atoms with E-state index in [1.54, 1.807) is 0 Å². The Kier molecular flexibility index (Phi) is 38.5. The van der Waals surface area contributed by atoms with Crippen LogP contribution in [-0.4, -0.2) is 30.7 Å². The van der Waals surface area contributed by atoms with Gasteiger partial charge in [0.25, 0.3) is 0 Å². The molecule has 35 heavy (non-hydrogen) atoms. The minimum absolute atomic E-state index is 0.